The van der Waals surface area contributed by atoms with Gasteiger partial charge in [0.15, 0.2) is 0 Å². The number of benzene rings is 1. The first kappa shape index (κ1) is 19.5. The van der Waals surface area contributed by atoms with Crippen molar-refractivity contribution >= 4 is 17.5 Å². The van der Waals surface area contributed by atoms with Crippen molar-refractivity contribution in [3.8, 4) is 0 Å². The minimum absolute atomic E-state index is 0.00164. The second-order valence-corrected chi connectivity index (χ2v) is 7.50. The Morgan fingerprint density at radius 1 is 1.10 bits per heavy atom. The number of aromatic nitrogens is 1. The summed E-state index contributed by atoms with van der Waals surface area (Å²) in [5, 5.41) is 2.87. The number of ether oxygens (including phenoxy) is 1. The number of nitrogens with zero attached hydrogens (tertiary/aromatic N) is 3. The molecule has 2 aliphatic rings. The van der Waals surface area contributed by atoms with Crippen LogP contribution >= 0.6 is 0 Å². The van der Waals surface area contributed by atoms with E-state index in [0.29, 0.717) is 30.9 Å². The summed E-state index contributed by atoms with van der Waals surface area (Å²) in [4.78, 5) is 33.4. The van der Waals surface area contributed by atoms with E-state index in [1.807, 2.05) is 17.0 Å². The number of rotatable bonds is 5. The molecule has 7 nitrogen and oxygen atoms in total. The van der Waals surface area contributed by atoms with Crippen LogP contribution in [0.15, 0.2) is 48.8 Å². The molecule has 3 heterocycles. The number of piperazine rings is 1. The minimum atomic E-state index is -0.386. The van der Waals surface area contributed by atoms with Crippen LogP contribution in [0.5, 0.6) is 0 Å². The lowest BCUT2D eigenvalue weighted by atomic mass is 10.1. The van der Waals surface area contributed by atoms with Gasteiger partial charge in [0.1, 0.15) is 6.10 Å². The topological polar surface area (TPSA) is 74.8 Å². The molecular formula is C22H26N4O3. The fourth-order valence-corrected chi connectivity index (χ4v) is 3.78. The molecule has 2 aromatic rings. The molecule has 1 N–H and O–H groups in total. The number of hydrogen-bond acceptors (Lipinski definition) is 5. The molecule has 152 valence electrons. The van der Waals surface area contributed by atoms with Gasteiger partial charge in [-0.25, -0.2) is 0 Å². The summed E-state index contributed by atoms with van der Waals surface area (Å²) in [5.74, 6) is -0.140. The van der Waals surface area contributed by atoms with E-state index in [4.69, 9.17) is 4.74 Å². The highest BCUT2D eigenvalue weighted by molar-refractivity contribution is 5.98. The van der Waals surface area contributed by atoms with Gasteiger partial charge in [0, 0.05) is 63.0 Å². The Balaban J connectivity index is 1.32. The second kappa shape index (κ2) is 9.15. The highest BCUT2D eigenvalue weighted by Gasteiger charge is 2.25. The Morgan fingerprint density at radius 2 is 1.90 bits per heavy atom. The van der Waals surface area contributed by atoms with Crippen molar-refractivity contribution in [2.45, 2.75) is 25.5 Å². The van der Waals surface area contributed by atoms with Gasteiger partial charge in [-0.3, -0.25) is 19.5 Å². The zero-order valence-corrected chi connectivity index (χ0v) is 16.4. The monoisotopic (exact) mass is 394 g/mol. The van der Waals surface area contributed by atoms with Gasteiger partial charge in [-0.1, -0.05) is 6.07 Å². The van der Waals surface area contributed by atoms with Crippen LogP contribution in [0.3, 0.4) is 0 Å². The van der Waals surface area contributed by atoms with Crippen molar-refractivity contribution < 1.29 is 14.3 Å². The van der Waals surface area contributed by atoms with Gasteiger partial charge in [0.05, 0.1) is 0 Å². The number of amides is 2. The Kier molecular flexibility index (Phi) is 6.17. The lowest BCUT2D eigenvalue weighted by Gasteiger charge is -2.34. The average molecular weight is 394 g/mol. The number of pyridine rings is 1. The summed E-state index contributed by atoms with van der Waals surface area (Å²) in [5.41, 5.74) is 2.46. The van der Waals surface area contributed by atoms with Crippen molar-refractivity contribution in [3.63, 3.8) is 0 Å². The molecule has 29 heavy (non-hydrogen) atoms. The average Bonchev–Trinajstić information content (AvgIpc) is 3.30. The molecule has 0 aliphatic carbocycles. The fraction of sp³-hybridized carbons (Fsp3) is 0.409. The van der Waals surface area contributed by atoms with Crippen molar-refractivity contribution in [1.29, 1.82) is 0 Å². The molecule has 1 atom stereocenters. The van der Waals surface area contributed by atoms with Crippen LogP contribution in [0.4, 0.5) is 5.69 Å². The Morgan fingerprint density at radius 3 is 2.62 bits per heavy atom. The van der Waals surface area contributed by atoms with Gasteiger partial charge in [-0.05, 0) is 48.7 Å². The van der Waals surface area contributed by atoms with Gasteiger partial charge in [-0.15, -0.1) is 0 Å². The van der Waals surface area contributed by atoms with Crippen LogP contribution in [0.2, 0.25) is 0 Å². The third-order valence-corrected chi connectivity index (χ3v) is 5.41. The predicted molar refractivity (Wildman–Crippen MR) is 109 cm³/mol. The summed E-state index contributed by atoms with van der Waals surface area (Å²) in [6.45, 7) is 4.55. The number of nitrogens with one attached hydrogen (secondary N) is 1. The molecule has 0 saturated carbocycles. The lowest BCUT2D eigenvalue weighted by Crippen LogP contribution is -2.48. The van der Waals surface area contributed by atoms with Crippen molar-refractivity contribution in [2.24, 2.45) is 0 Å². The summed E-state index contributed by atoms with van der Waals surface area (Å²) in [7, 11) is 0. The van der Waals surface area contributed by atoms with E-state index in [9.17, 15) is 9.59 Å². The van der Waals surface area contributed by atoms with Gasteiger partial charge in [0.2, 0.25) is 0 Å². The summed E-state index contributed by atoms with van der Waals surface area (Å²) in [6.07, 6.45) is 4.88. The first-order valence-electron chi connectivity index (χ1n) is 10.1. The smallest absolute Gasteiger partial charge is 0.254 e. The molecule has 2 aliphatic heterocycles. The van der Waals surface area contributed by atoms with Crippen LogP contribution < -0.4 is 5.32 Å². The highest BCUT2D eigenvalue weighted by atomic mass is 16.5. The van der Waals surface area contributed by atoms with Crippen LogP contribution in [0, 0.1) is 0 Å². The Bertz CT molecular complexity index is 844. The van der Waals surface area contributed by atoms with Crippen molar-refractivity contribution in [1.82, 2.24) is 14.8 Å². The number of anilines is 1. The summed E-state index contributed by atoms with van der Waals surface area (Å²) in [6, 6.07) is 11.2. The van der Waals surface area contributed by atoms with E-state index in [1.165, 1.54) is 5.56 Å². The minimum Gasteiger partial charge on any atom is -0.368 e. The van der Waals surface area contributed by atoms with Crippen LogP contribution in [-0.2, 0) is 16.1 Å². The predicted octanol–water partition coefficient (Wildman–Crippen LogP) is 2.16. The molecule has 4 rings (SSSR count). The lowest BCUT2D eigenvalue weighted by molar-refractivity contribution is -0.124. The van der Waals surface area contributed by atoms with Crippen LogP contribution in [0.25, 0.3) is 0 Å². The molecule has 7 heteroatoms. The zero-order chi connectivity index (χ0) is 20.1. The van der Waals surface area contributed by atoms with E-state index >= 15 is 0 Å². The zero-order valence-electron chi connectivity index (χ0n) is 16.4. The van der Waals surface area contributed by atoms with Gasteiger partial charge in [0.25, 0.3) is 11.8 Å². The van der Waals surface area contributed by atoms with E-state index in [2.05, 4.69) is 15.2 Å². The van der Waals surface area contributed by atoms with Crippen LogP contribution in [0.1, 0.15) is 28.8 Å². The largest absolute Gasteiger partial charge is 0.368 e. The SMILES string of the molecule is O=C(Nc1cccc(C(=O)N2CCN(Cc3ccncc3)CC2)c1)C1CCCO1. The first-order chi connectivity index (χ1) is 14.2. The van der Waals surface area contributed by atoms with Gasteiger partial charge in [-0.2, -0.15) is 0 Å². The normalized spacial score (nSPS) is 19.9. The molecular weight excluding hydrogens is 368 g/mol. The third kappa shape index (κ3) is 4.99. The van der Waals surface area contributed by atoms with Crippen molar-refractivity contribution in [3.05, 3.63) is 59.9 Å². The van der Waals surface area contributed by atoms with Gasteiger partial charge < -0.3 is 15.0 Å². The number of carbonyl (C=O) groups excluding carboxylic acids is 2. The van der Waals surface area contributed by atoms with Crippen LogP contribution in [-0.4, -0.2) is 65.5 Å². The molecule has 2 fully saturated rings. The van der Waals surface area contributed by atoms with E-state index in [1.54, 1.807) is 36.7 Å². The standard InChI is InChI=1S/C22H26N4O3/c27-21(20-5-2-14-29-20)24-19-4-1-3-18(15-19)22(28)26-12-10-25(11-13-26)16-17-6-8-23-9-7-17/h1,3-4,6-9,15,20H,2,5,10-14,16H2,(H,24,27). The fourth-order valence-electron chi connectivity index (χ4n) is 3.78. The molecule has 0 bridgehead atoms. The van der Waals surface area contributed by atoms with E-state index in [0.717, 1.165) is 32.5 Å². The molecule has 2 amide bonds. The molecule has 1 aromatic heterocycles. The summed E-state index contributed by atoms with van der Waals surface area (Å²) < 4.78 is 5.42. The molecule has 1 aromatic carbocycles. The molecule has 1 unspecified atom stereocenters. The van der Waals surface area contributed by atoms with Crippen molar-refractivity contribution in [2.75, 3.05) is 38.1 Å². The quantitative estimate of drug-likeness (QED) is 0.841. The summed E-state index contributed by atoms with van der Waals surface area (Å²) >= 11 is 0. The maximum absolute atomic E-state index is 12.9. The third-order valence-electron chi connectivity index (χ3n) is 5.41. The number of hydrogen-bond donors (Lipinski definition) is 1. The second-order valence-electron chi connectivity index (χ2n) is 7.50. The maximum Gasteiger partial charge on any atom is 0.254 e. The van der Waals surface area contributed by atoms with Gasteiger partial charge >= 0.3 is 0 Å². The number of carbonyl (C=O) groups is 2. The Hall–Kier alpha value is -2.77. The molecule has 0 radical (unpaired) electrons. The van der Waals surface area contributed by atoms with E-state index in [-0.39, 0.29) is 17.9 Å². The first-order valence-corrected chi connectivity index (χ1v) is 10.1. The Labute approximate surface area is 170 Å². The highest BCUT2D eigenvalue weighted by Crippen LogP contribution is 2.18. The molecule has 2 saturated heterocycles. The molecule has 0 spiro atoms. The van der Waals surface area contributed by atoms with E-state index < -0.39 is 0 Å². The maximum atomic E-state index is 12.9.